The fourth-order valence-electron chi connectivity index (χ4n) is 2.21. The number of aliphatic hydroxyl groups is 1. The summed E-state index contributed by atoms with van der Waals surface area (Å²) in [5.74, 6) is 0.846. The Bertz CT molecular complexity index is 806. The van der Waals surface area contributed by atoms with E-state index in [9.17, 15) is 9.50 Å². The van der Waals surface area contributed by atoms with Gasteiger partial charge in [0.1, 0.15) is 23.7 Å². The van der Waals surface area contributed by atoms with Crippen molar-refractivity contribution < 1.29 is 14.2 Å². The number of nitrogens with zero attached hydrogens (tertiary/aromatic N) is 2. The van der Waals surface area contributed by atoms with Crippen molar-refractivity contribution in [3.05, 3.63) is 54.1 Å². The summed E-state index contributed by atoms with van der Waals surface area (Å²) in [7, 11) is 1.54. The van der Waals surface area contributed by atoms with E-state index in [0.717, 1.165) is 5.39 Å². The number of halogens is 1. The topological polar surface area (TPSA) is 67.3 Å². The Labute approximate surface area is 126 Å². The Hall–Kier alpha value is -2.73. The van der Waals surface area contributed by atoms with Crippen LogP contribution in [0.2, 0.25) is 0 Å². The number of nitrogens with one attached hydrogen (secondary N) is 1. The maximum atomic E-state index is 13.0. The van der Waals surface area contributed by atoms with E-state index in [1.807, 2.05) is 0 Å². The Morgan fingerprint density at radius 1 is 1.18 bits per heavy atom. The summed E-state index contributed by atoms with van der Waals surface area (Å²) in [5, 5.41) is 13.2. The molecule has 0 atom stereocenters. The van der Waals surface area contributed by atoms with Crippen LogP contribution in [-0.4, -0.2) is 22.2 Å². The number of aliphatic hydroxyl groups excluding tert-OH is 1. The largest absolute Gasteiger partial charge is 0.496 e. The lowest BCUT2D eigenvalue weighted by Crippen LogP contribution is -1.98. The smallest absolute Gasteiger partial charge is 0.141 e. The van der Waals surface area contributed by atoms with Crippen LogP contribution in [0, 0.1) is 5.82 Å². The van der Waals surface area contributed by atoms with E-state index in [0.29, 0.717) is 28.3 Å². The number of methoxy groups -OCH3 is 1. The Kier molecular flexibility index (Phi) is 3.84. The molecule has 0 fully saturated rings. The molecule has 1 aromatic heterocycles. The van der Waals surface area contributed by atoms with E-state index in [1.165, 1.54) is 25.6 Å². The zero-order chi connectivity index (χ0) is 15.5. The summed E-state index contributed by atoms with van der Waals surface area (Å²) >= 11 is 0. The molecule has 0 aliphatic heterocycles. The zero-order valence-corrected chi connectivity index (χ0v) is 11.9. The van der Waals surface area contributed by atoms with E-state index in [4.69, 9.17) is 4.74 Å². The molecule has 5 nitrogen and oxygen atoms in total. The minimum Gasteiger partial charge on any atom is -0.496 e. The first kappa shape index (κ1) is 14.2. The first-order chi connectivity index (χ1) is 10.7. The van der Waals surface area contributed by atoms with Gasteiger partial charge in [0, 0.05) is 16.6 Å². The van der Waals surface area contributed by atoms with Crippen molar-refractivity contribution in [2.45, 2.75) is 6.61 Å². The van der Waals surface area contributed by atoms with Gasteiger partial charge in [-0.2, -0.15) is 0 Å². The monoisotopic (exact) mass is 299 g/mol. The van der Waals surface area contributed by atoms with Crippen molar-refractivity contribution in [2.24, 2.45) is 0 Å². The molecule has 0 spiro atoms. The predicted octanol–water partition coefficient (Wildman–Crippen LogP) is 3.01. The average molecular weight is 299 g/mol. The highest BCUT2D eigenvalue weighted by atomic mass is 19.1. The van der Waals surface area contributed by atoms with Crippen LogP contribution in [-0.2, 0) is 6.61 Å². The van der Waals surface area contributed by atoms with Crippen molar-refractivity contribution in [1.82, 2.24) is 9.97 Å². The molecule has 1 heterocycles. The molecule has 3 rings (SSSR count). The highest BCUT2D eigenvalue weighted by Crippen LogP contribution is 2.29. The van der Waals surface area contributed by atoms with Crippen LogP contribution in [0.4, 0.5) is 15.9 Å². The minimum atomic E-state index is -0.299. The lowest BCUT2D eigenvalue weighted by Gasteiger charge is -2.11. The van der Waals surface area contributed by atoms with Crippen LogP contribution in [0.15, 0.2) is 42.7 Å². The van der Waals surface area contributed by atoms with Gasteiger partial charge in [-0.3, -0.25) is 0 Å². The van der Waals surface area contributed by atoms with Crippen molar-refractivity contribution in [3.8, 4) is 5.75 Å². The minimum absolute atomic E-state index is 0.135. The quantitative estimate of drug-likeness (QED) is 0.775. The maximum absolute atomic E-state index is 13.0. The maximum Gasteiger partial charge on any atom is 0.141 e. The summed E-state index contributed by atoms with van der Waals surface area (Å²) < 4.78 is 18.2. The van der Waals surface area contributed by atoms with Crippen LogP contribution in [0.3, 0.4) is 0 Å². The van der Waals surface area contributed by atoms with Crippen LogP contribution in [0.1, 0.15) is 5.56 Å². The van der Waals surface area contributed by atoms with Crippen molar-refractivity contribution in [2.75, 3.05) is 12.4 Å². The molecule has 2 aromatic carbocycles. The second-order valence-corrected chi connectivity index (χ2v) is 4.69. The number of anilines is 2. The number of aromatic nitrogens is 2. The third kappa shape index (κ3) is 2.68. The van der Waals surface area contributed by atoms with E-state index in [-0.39, 0.29) is 12.4 Å². The van der Waals surface area contributed by atoms with Crippen LogP contribution >= 0.6 is 0 Å². The van der Waals surface area contributed by atoms with E-state index in [1.54, 1.807) is 24.3 Å². The van der Waals surface area contributed by atoms with Gasteiger partial charge in [-0.1, -0.05) is 0 Å². The van der Waals surface area contributed by atoms with Gasteiger partial charge in [-0.05, 0) is 36.4 Å². The molecular formula is C16H14FN3O2. The molecule has 0 unspecified atom stereocenters. The Balaban J connectivity index is 2.07. The highest BCUT2D eigenvalue weighted by molar-refractivity contribution is 5.92. The third-order valence-corrected chi connectivity index (χ3v) is 3.31. The van der Waals surface area contributed by atoms with Gasteiger partial charge < -0.3 is 15.2 Å². The van der Waals surface area contributed by atoms with Crippen molar-refractivity contribution >= 4 is 22.4 Å². The number of hydrogen-bond donors (Lipinski definition) is 2. The lowest BCUT2D eigenvalue weighted by molar-refractivity contribution is 0.274. The van der Waals surface area contributed by atoms with Crippen LogP contribution in [0.5, 0.6) is 5.75 Å². The van der Waals surface area contributed by atoms with E-state index >= 15 is 0 Å². The molecule has 112 valence electrons. The second kappa shape index (κ2) is 5.95. The number of hydrogen-bond acceptors (Lipinski definition) is 5. The normalized spacial score (nSPS) is 10.7. The molecule has 3 aromatic rings. The summed E-state index contributed by atoms with van der Waals surface area (Å²) in [4.78, 5) is 8.43. The molecule has 6 heteroatoms. The van der Waals surface area contributed by atoms with Crippen LogP contribution < -0.4 is 10.1 Å². The summed E-state index contributed by atoms with van der Waals surface area (Å²) in [6.07, 6.45) is 1.43. The summed E-state index contributed by atoms with van der Waals surface area (Å²) in [6.45, 7) is -0.135. The van der Waals surface area contributed by atoms with Crippen molar-refractivity contribution in [1.29, 1.82) is 0 Å². The van der Waals surface area contributed by atoms with Gasteiger partial charge >= 0.3 is 0 Å². The zero-order valence-electron chi connectivity index (χ0n) is 11.9. The molecule has 0 radical (unpaired) electrons. The molecule has 0 amide bonds. The third-order valence-electron chi connectivity index (χ3n) is 3.31. The summed E-state index contributed by atoms with van der Waals surface area (Å²) in [6, 6.07) is 9.52. The lowest BCUT2D eigenvalue weighted by atomic mass is 10.1. The van der Waals surface area contributed by atoms with Gasteiger partial charge in [0.25, 0.3) is 0 Å². The Morgan fingerprint density at radius 3 is 2.64 bits per heavy atom. The fraction of sp³-hybridized carbons (Fsp3) is 0.125. The first-order valence-corrected chi connectivity index (χ1v) is 6.66. The number of fused-ring (bicyclic) bond motifs is 1. The molecule has 2 N–H and O–H groups in total. The van der Waals surface area contributed by atoms with Gasteiger partial charge in [0.15, 0.2) is 0 Å². The van der Waals surface area contributed by atoms with Gasteiger partial charge in [-0.15, -0.1) is 0 Å². The van der Waals surface area contributed by atoms with Crippen molar-refractivity contribution in [3.63, 3.8) is 0 Å². The molecule has 0 aliphatic carbocycles. The SMILES string of the molecule is COc1cc2c(Nc3ccc(F)cc3)ncnc2cc1CO. The predicted molar refractivity (Wildman–Crippen MR) is 81.7 cm³/mol. The standard InChI is InChI=1S/C16H14FN3O2/c1-22-15-7-13-14(6-10(15)8-21)18-9-19-16(13)20-12-4-2-11(17)3-5-12/h2-7,9,21H,8H2,1H3,(H,18,19,20). The average Bonchev–Trinajstić information content (AvgIpc) is 2.56. The molecule has 0 saturated heterocycles. The van der Waals surface area contributed by atoms with Gasteiger partial charge in [0.05, 0.1) is 19.2 Å². The van der Waals surface area contributed by atoms with Crippen LogP contribution in [0.25, 0.3) is 10.9 Å². The molecular weight excluding hydrogens is 285 g/mol. The molecule has 0 aliphatic rings. The Morgan fingerprint density at radius 2 is 1.95 bits per heavy atom. The highest BCUT2D eigenvalue weighted by Gasteiger charge is 2.10. The number of ether oxygens (including phenoxy) is 1. The number of rotatable bonds is 4. The molecule has 22 heavy (non-hydrogen) atoms. The van der Waals surface area contributed by atoms with E-state index in [2.05, 4.69) is 15.3 Å². The summed E-state index contributed by atoms with van der Waals surface area (Å²) in [5.41, 5.74) is 2.05. The second-order valence-electron chi connectivity index (χ2n) is 4.69. The fourth-order valence-corrected chi connectivity index (χ4v) is 2.21. The molecule has 0 saturated carbocycles. The van der Waals surface area contributed by atoms with Gasteiger partial charge in [-0.25, -0.2) is 14.4 Å². The van der Waals surface area contributed by atoms with E-state index < -0.39 is 0 Å². The van der Waals surface area contributed by atoms with Gasteiger partial charge in [0.2, 0.25) is 0 Å². The number of benzene rings is 2. The first-order valence-electron chi connectivity index (χ1n) is 6.66. The molecule has 0 bridgehead atoms.